The van der Waals surface area contributed by atoms with Crippen LogP contribution in [0.3, 0.4) is 0 Å². The summed E-state index contributed by atoms with van der Waals surface area (Å²) in [4.78, 5) is 11.5. The van der Waals surface area contributed by atoms with Gasteiger partial charge in [0.2, 0.25) is 5.91 Å². The van der Waals surface area contributed by atoms with Gasteiger partial charge in [-0.25, -0.2) is 0 Å². The van der Waals surface area contributed by atoms with Gasteiger partial charge < -0.3 is 5.32 Å². The topological polar surface area (TPSA) is 29.1 Å². The maximum absolute atomic E-state index is 12.4. The molecular weight excluding hydrogens is 243 g/mol. The molecule has 1 aliphatic carbocycles. The molecule has 1 saturated carbocycles. The fourth-order valence-electron chi connectivity index (χ4n) is 1.72. The van der Waals surface area contributed by atoms with Gasteiger partial charge in [-0.3, -0.25) is 4.79 Å². The lowest BCUT2D eigenvalue weighted by Gasteiger charge is -2.15. The fraction of sp³-hybridized carbons (Fsp3) is 0.462. The quantitative estimate of drug-likeness (QED) is 0.884. The maximum atomic E-state index is 12.4. The third-order valence-electron chi connectivity index (χ3n) is 3.04. The molecule has 1 amide bonds. The first-order valence-corrected chi connectivity index (χ1v) is 5.85. The normalized spacial score (nSPS) is 17.3. The van der Waals surface area contributed by atoms with Gasteiger partial charge >= 0.3 is 6.18 Å². The maximum Gasteiger partial charge on any atom is 0.416 e. The highest BCUT2D eigenvalue weighted by Crippen LogP contribution is 2.31. The largest absolute Gasteiger partial charge is 0.416 e. The predicted molar refractivity (Wildman–Crippen MR) is 60.7 cm³/mol. The number of hydrogen-bond donors (Lipinski definition) is 1. The monoisotopic (exact) mass is 257 g/mol. The smallest absolute Gasteiger partial charge is 0.349 e. The number of halogens is 3. The van der Waals surface area contributed by atoms with E-state index in [0.29, 0.717) is 5.56 Å². The Morgan fingerprint density at radius 2 is 1.83 bits per heavy atom. The van der Waals surface area contributed by atoms with E-state index in [0.717, 1.165) is 25.0 Å². The van der Waals surface area contributed by atoms with Crippen molar-refractivity contribution in [1.82, 2.24) is 5.32 Å². The highest BCUT2D eigenvalue weighted by atomic mass is 19.4. The minimum Gasteiger partial charge on any atom is -0.349 e. The van der Waals surface area contributed by atoms with E-state index in [1.54, 1.807) is 6.92 Å². The molecule has 2 rings (SSSR count). The van der Waals surface area contributed by atoms with Crippen LogP contribution in [-0.4, -0.2) is 5.91 Å². The van der Waals surface area contributed by atoms with Crippen molar-refractivity contribution in [1.29, 1.82) is 0 Å². The molecule has 1 N–H and O–H groups in total. The number of hydrogen-bond acceptors (Lipinski definition) is 1. The average Bonchev–Trinajstić information content (AvgIpc) is 3.11. The number of amides is 1. The van der Waals surface area contributed by atoms with Crippen LogP contribution < -0.4 is 5.32 Å². The van der Waals surface area contributed by atoms with Crippen LogP contribution in [-0.2, 0) is 11.0 Å². The van der Waals surface area contributed by atoms with Crippen LogP contribution >= 0.6 is 0 Å². The second-order valence-corrected chi connectivity index (χ2v) is 4.62. The first-order valence-electron chi connectivity index (χ1n) is 5.85. The molecule has 98 valence electrons. The highest BCUT2D eigenvalue weighted by Gasteiger charge is 2.31. The molecule has 0 unspecified atom stereocenters. The molecule has 1 aromatic carbocycles. The van der Waals surface area contributed by atoms with Gasteiger partial charge in [-0.2, -0.15) is 13.2 Å². The average molecular weight is 257 g/mol. The summed E-state index contributed by atoms with van der Waals surface area (Å²) in [5.41, 5.74) is 0.00368. The van der Waals surface area contributed by atoms with E-state index >= 15 is 0 Å². The molecule has 0 saturated heterocycles. The van der Waals surface area contributed by atoms with Crippen LogP contribution in [0.2, 0.25) is 0 Å². The first-order chi connectivity index (χ1) is 8.38. The van der Waals surface area contributed by atoms with Gasteiger partial charge in [0.1, 0.15) is 0 Å². The molecule has 18 heavy (non-hydrogen) atoms. The molecule has 0 heterocycles. The SMILES string of the molecule is C[C@@H](NC(=O)C1CC1)c1ccc(C(F)(F)F)cc1. The molecule has 0 spiro atoms. The van der Waals surface area contributed by atoms with Crippen LogP contribution in [0.1, 0.15) is 36.9 Å². The number of carbonyl (C=O) groups excluding carboxylic acids is 1. The molecule has 5 heteroatoms. The zero-order chi connectivity index (χ0) is 13.3. The number of carbonyl (C=O) groups is 1. The van der Waals surface area contributed by atoms with E-state index in [2.05, 4.69) is 5.32 Å². The van der Waals surface area contributed by atoms with Gasteiger partial charge in [0.05, 0.1) is 11.6 Å². The predicted octanol–water partition coefficient (Wildman–Crippen LogP) is 3.29. The Morgan fingerprint density at radius 3 is 2.28 bits per heavy atom. The minimum atomic E-state index is -4.32. The fourth-order valence-corrected chi connectivity index (χ4v) is 1.72. The van der Waals surface area contributed by atoms with E-state index in [1.807, 2.05) is 0 Å². The Morgan fingerprint density at radius 1 is 1.28 bits per heavy atom. The summed E-state index contributed by atoms with van der Waals surface area (Å²) in [5, 5.41) is 2.80. The Bertz CT molecular complexity index is 435. The molecule has 1 atom stereocenters. The van der Waals surface area contributed by atoms with Crippen molar-refractivity contribution < 1.29 is 18.0 Å². The molecule has 2 nitrogen and oxygen atoms in total. The van der Waals surface area contributed by atoms with Crippen LogP contribution in [0.25, 0.3) is 0 Å². The zero-order valence-corrected chi connectivity index (χ0v) is 9.92. The van der Waals surface area contributed by atoms with Gasteiger partial charge in [0.25, 0.3) is 0 Å². The standard InChI is InChI=1S/C13H14F3NO/c1-8(17-12(18)10-2-3-10)9-4-6-11(7-5-9)13(14,15)16/h4-8,10H,2-3H2,1H3,(H,17,18)/t8-/m1/s1. The Hall–Kier alpha value is -1.52. The Balaban J connectivity index is 2.02. The van der Waals surface area contributed by atoms with Crippen molar-refractivity contribution in [2.45, 2.75) is 32.0 Å². The van der Waals surface area contributed by atoms with Crippen LogP contribution in [0.4, 0.5) is 13.2 Å². The van der Waals surface area contributed by atoms with Gasteiger partial charge in [-0.1, -0.05) is 12.1 Å². The van der Waals surface area contributed by atoms with Crippen LogP contribution in [0.5, 0.6) is 0 Å². The number of nitrogens with one attached hydrogen (secondary N) is 1. The molecule has 1 fully saturated rings. The van der Waals surface area contributed by atoms with Crippen molar-refractivity contribution in [3.63, 3.8) is 0 Å². The molecule has 0 radical (unpaired) electrons. The van der Waals surface area contributed by atoms with E-state index in [4.69, 9.17) is 0 Å². The van der Waals surface area contributed by atoms with E-state index < -0.39 is 11.7 Å². The van der Waals surface area contributed by atoms with E-state index in [9.17, 15) is 18.0 Å². The number of rotatable bonds is 3. The van der Waals surface area contributed by atoms with Crippen molar-refractivity contribution in [3.05, 3.63) is 35.4 Å². The lowest BCUT2D eigenvalue weighted by molar-refractivity contribution is -0.137. The summed E-state index contributed by atoms with van der Waals surface area (Å²) >= 11 is 0. The van der Waals surface area contributed by atoms with Crippen LogP contribution in [0.15, 0.2) is 24.3 Å². The van der Waals surface area contributed by atoms with E-state index in [-0.39, 0.29) is 17.9 Å². The summed E-state index contributed by atoms with van der Waals surface area (Å²) in [6.45, 7) is 1.77. The van der Waals surface area contributed by atoms with Crippen LogP contribution in [0, 0.1) is 5.92 Å². The zero-order valence-electron chi connectivity index (χ0n) is 9.92. The van der Waals surface area contributed by atoms with Crippen molar-refractivity contribution in [2.24, 2.45) is 5.92 Å². The molecule has 0 bridgehead atoms. The lowest BCUT2D eigenvalue weighted by Crippen LogP contribution is -2.27. The summed E-state index contributed by atoms with van der Waals surface area (Å²) in [5.74, 6) is 0.0873. The number of benzene rings is 1. The minimum absolute atomic E-state index is 0.0117. The summed E-state index contributed by atoms with van der Waals surface area (Å²) in [6, 6.07) is 4.62. The van der Waals surface area contributed by atoms with Crippen molar-refractivity contribution in [2.75, 3.05) is 0 Å². The number of alkyl halides is 3. The summed E-state index contributed by atoms with van der Waals surface area (Å²) in [7, 11) is 0. The second kappa shape index (κ2) is 4.63. The van der Waals surface area contributed by atoms with Gasteiger partial charge in [-0.05, 0) is 37.5 Å². The molecule has 0 aliphatic heterocycles. The molecule has 1 aromatic rings. The second-order valence-electron chi connectivity index (χ2n) is 4.62. The highest BCUT2D eigenvalue weighted by molar-refractivity contribution is 5.81. The van der Waals surface area contributed by atoms with Crippen molar-refractivity contribution in [3.8, 4) is 0 Å². The Kier molecular flexibility index (Phi) is 3.32. The van der Waals surface area contributed by atoms with Gasteiger partial charge in [0.15, 0.2) is 0 Å². The molecule has 0 aromatic heterocycles. The first kappa shape index (κ1) is 12.9. The van der Waals surface area contributed by atoms with Gasteiger partial charge in [0, 0.05) is 5.92 Å². The Labute approximate surface area is 103 Å². The molecular formula is C13H14F3NO. The van der Waals surface area contributed by atoms with Crippen molar-refractivity contribution >= 4 is 5.91 Å². The third kappa shape index (κ3) is 3.03. The summed E-state index contributed by atoms with van der Waals surface area (Å²) < 4.78 is 37.1. The van der Waals surface area contributed by atoms with Gasteiger partial charge in [-0.15, -0.1) is 0 Å². The lowest BCUT2D eigenvalue weighted by atomic mass is 10.1. The van der Waals surface area contributed by atoms with E-state index in [1.165, 1.54) is 12.1 Å². The third-order valence-corrected chi connectivity index (χ3v) is 3.04. The molecule has 1 aliphatic rings. The summed E-state index contributed by atoms with van der Waals surface area (Å²) in [6.07, 6.45) is -2.50.